The quantitative estimate of drug-likeness (QED) is 0.0359. The van der Waals surface area contributed by atoms with E-state index in [1.54, 1.807) is 0 Å². The van der Waals surface area contributed by atoms with Crippen molar-refractivity contribution in [2.75, 3.05) is 13.2 Å². The van der Waals surface area contributed by atoms with Crippen LogP contribution in [-0.4, -0.2) is 37.2 Å². The second-order valence-electron chi connectivity index (χ2n) is 16.3. The fraction of sp³-hybridized carbons (Fsp3) is 0.933. The highest BCUT2D eigenvalue weighted by molar-refractivity contribution is 5.71. The predicted molar refractivity (Wildman–Crippen MR) is 215 cm³/mol. The normalized spacial score (nSPS) is 13.2. The maximum atomic E-state index is 12.7. The molecule has 6 heteroatoms. The molecule has 2 unspecified atom stereocenters. The van der Waals surface area contributed by atoms with Crippen LogP contribution in [0.5, 0.6) is 0 Å². The van der Waals surface area contributed by atoms with Crippen molar-refractivity contribution in [3.05, 3.63) is 0 Å². The minimum atomic E-state index is -0.762. The summed E-state index contributed by atoms with van der Waals surface area (Å²) in [5, 5.41) is 0. The van der Waals surface area contributed by atoms with Crippen LogP contribution in [-0.2, 0) is 28.6 Å². The zero-order valence-electron chi connectivity index (χ0n) is 34.9. The van der Waals surface area contributed by atoms with Crippen LogP contribution < -0.4 is 0 Å². The molecule has 0 aromatic carbocycles. The standard InChI is InChI=1S/C45H86O6/c1-7-40(5)32-26-20-14-10-12-16-23-29-35-44(47)50-38-42(51-45(48)36-30-24-18-17-21-27-33-41(6)8-2)37-49-43(46)34-28-22-15-11-9-13-19-25-31-39(3)4/h39-42H,7-38H2,1-6H3/t40?,41?,42-/m0/s1. The number of unbranched alkanes of at least 4 members (excludes halogenated alkanes) is 19. The molecular weight excluding hydrogens is 636 g/mol. The average Bonchev–Trinajstić information content (AvgIpc) is 3.11. The van der Waals surface area contributed by atoms with Crippen molar-refractivity contribution in [2.45, 2.75) is 240 Å². The number of hydrogen-bond acceptors (Lipinski definition) is 6. The molecule has 0 saturated heterocycles. The van der Waals surface area contributed by atoms with Gasteiger partial charge in [-0.15, -0.1) is 0 Å². The van der Waals surface area contributed by atoms with Gasteiger partial charge in [0.1, 0.15) is 13.2 Å². The fourth-order valence-electron chi connectivity index (χ4n) is 6.46. The van der Waals surface area contributed by atoms with Crippen LogP contribution in [0.4, 0.5) is 0 Å². The van der Waals surface area contributed by atoms with Crippen molar-refractivity contribution < 1.29 is 28.6 Å². The second-order valence-corrected chi connectivity index (χ2v) is 16.3. The zero-order chi connectivity index (χ0) is 37.8. The van der Waals surface area contributed by atoms with Gasteiger partial charge < -0.3 is 14.2 Å². The largest absolute Gasteiger partial charge is 0.462 e. The van der Waals surface area contributed by atoms with E-state index in [4.69, 9.17) is 14.2 Å². The van der Waals surface area contributed by atoms with E-state index in [0.29, 0.717) is 19.3 Å². The highest BCUT2D eigenvalue weighted by atomic mass is 16.6. The molecular formula is C45H86O6. The molecule has 0 aliphatic carbocycles. The molecule has 0 radical (unpaired) electrons. The van der Waals surface area contributed by atoms with E-state index < -0.39 is 6.10 Å². The maximum Gasteiger partial charge on any atom is 0.306 e. The molecule has 0 rings (SSSR count). The van der Waals surface area contributed by atoms with E-state index in [1.165, 1.54) is 116 Å². The van der Waals surface area contributed by atoms with Crippen molar-refractivity contribution in [1.29, 1.82) is 0 Å². The van der Waals surface area contributed by atoms with Gasteiger partial charge in [-0.05, 0) is 37.0 Å². The molecule has 302 valence electrons. The number of esters is 3. The zero-order valence-corrected chi connectivity index (χ0v) is 34.9. The molecule has 0 fully saturated rings. The summed E-state index contributed by atoms with van der Waals surface area (Å²) in [6.07, 6.45) is 32.3. The maximum absolute atomic E-state index is 12.7. The Morgan fingerprint density at radius 3 is 1.02 bits per heavy atom. The number of hydrogen-bond donors (Lipinski definition) is 0. The molecule has 0 aromatic heterocycles. The summed E-state index contributed by atoms with van der Waals surface area (Å²) in [5.41, 5.74) is 0. The van der Waals surface area contributed by atoms with Crippen LogP contribution >= 0.6 is 0 Å². The van der Waals surface area contributed by atoms with Gasteiger partial charge in [0.15, 0.2) is 6.10 Å². The number of carbonyl (C=O) groups is 3. The molecule has 0 N–H and O–H groups in total. The van der Waals surface area contributed by atoms with Gasteiger partial charge in [0.2, 0.25) is 0 Å². The summed E-state index contributed by atoms with van der Waals surface area (Å²) in [7, 11) is 0. The minimum Gasteiger partial charge on any atom is -0.462 e. The Morgan fingerprint density at radius 2 is 0.686 bits per heavy atom. The summed E-state index contributed by atoms with van der Waals surface area (Å²) in [6.45, 7) is 13.6. The molecule has 51 heavy (non-hydrogen) atoms. The summed E-state index contributed by atoms with van der Waals surface area (Å²) in [6, 6.07) is 0. The lowest BCUT2D eigenvalue weighted by Crippen LogP contribution is -2.30. The molecule has 0 amide bonds. The molecule has 6 nitrogen and oxygen atoms in total. The number of carbonyl (C=O) groups excluding carboxylic acids is 3. The van der Waals surface area contributed by atoms with Gasteiger partial charge in [-0.1, -0.05) is 196 Å². The van der Waals surface area contributed by atoms with E-state index >= 15 is 0 Å². The average molecular weight is 723 g/mol. The molecule has 0 spiro atoms. The van der Waals surface area contributed by atoms with Gasteiger partial charge in [0, 0.05) is 19.3 Å². The Bertz CT molecular complexity index is 796. The Morgan fingerprint density at radius 1 is 0.392 bits per heavy atom. The summed E-state index contributed by atoms with van der Waals surface area (Å²) >= 11 is 0. The first-order valence-electron chi connectivity index (χ1n) is 22.2. The Hall–Kier alpha value is -1.59. The van der Waals surface area contributed by atoms with E-state index in [9.17, 15) is 14.4 Å². The summed E-state index contributed by atoms with van der Waals surface area (Å²) in [5.74, 6) is 1.58. The van der Waals surface area contributed by atoms with Gasteiger partial charge in [-0.25, -0.2) is 0 Å². The number of ether oxygens (including phenoxy) is 3. The molecule has 0 aliphatic heterocycles. The van der Waals surface area contributed by atoms with Gasteiger partial charge in [-0.2, -0.15) is 0 Å². The molecule has 0 aliphatic rings. The third kappa shape index (κ3) is 36.6. The van der Waals surface area contributed by atoms with E-state index in [1.807, 2.05) is 0 Å². The molecule has 0 heterocycles. The first-order chi connectivity index (χ1) is 24.7. The highest BCUT2D eigenvalue weighted by Crippen LogP contribution is 2.17. The fourth-order valence-corrected chi connectivity index (χ4v) is 6.46. The molecule has 0 aromatic rings. The number of rotatable bonds is 38. The van der Waals surface area contributed by atoms with E-state index in [2.05, 4.69) is 41.5 Å². The molecule has 0 bridgehead atoms. The van der Waals surface area contributed by atoms with Crippen LogP contribution in [0.2, 0.25) is 0 Å². The monoisotopic (exact) mass is 723 g/mol. The van der Waals surface area contributed by atoms with E-state index in [-0.39, 0.29) is 31.1 Å². The van der Waals surface area contributed by atoms with Crippen molar-refractivity contribution in [1.82, 2.24) is 0 Å². The van der Waals surface area contributed by atoms with Gasteiger partial charge >= 0.3 is 17.9 Å². The van der Waals surface area contributed by atoms with Crippen LogP contribution in [0.3, 0.4) is 0 Å². The third-order valence-corrected chi connectivity index (χ3v) is 10.6. The van der Waals surface area contributed by atoms with Gasteiger partial charge in [0.25, 0.3) is 0 Å². The summed E-state index contributed by atoms with van der Waals surface area (Å²) in [4.78, 5) is 37.6. The van der Waals surface area contributed by atoms with Crippen molar-refractivity contribution in [3.8, 4) is 0 Å². The lowest BCUT2D eigenvalue weighted by Gasteiger charge is -2.18. The van der Waals surface area contributed by atoms with Crippen LogP contribution in [0, 0.1) is 17.8 Å². The highest BCUT2D eigenvalue weighted by Gasteiger charge is 2.19. The van der Waals surface area contributed by atoms with E-state index in [0.717, 1.165) is 75.5 Å². The van der Waals surface area contributed by atoms with Crippen molar-refractivity contribution in [3.63, 3.8) is 0 Å². The SMILES string of the molecule is CCC(C)CCCCCCCCCCC(=O)OC[C@H](COC(=O)CCCCCCCCCCC(C)C)OC(=O)CCCCCCCCC(C)CC. The van der Waals surface area contributed by atoms with Crippen LogP contribution in [0.1, 0.15) is 234 Å². The topological polar surface area (TPSA) is 78.9 Å². The minimum absolute atomic E-state index is 0.0676. The molecule has 3 atom stereocenters. The predicted octanol–water partition coefficient (Wildman–Crippen LogP) is 13.7. The van der Waals surface area contributed by atoms with Crippen LogP contribution in [0.25, 0.3) is 0 Å². The second kappa shape index (κ2) is 36.8. The lowest BCUT2D eigenvalue weighted by molar-refractivity contribution is -0.167. The smallest absolute Gasteiger partial charge is 0.306 e. The Kier molecular flexibility index (Phi) is 35.6. The van der Waals surface area contributed by atoms with Crippen molar-refractivity contribution in [2.24, 2.45) is 17.8 Å². The Labute approximate surface area is 317 Å². The third-order valence-electron chi connectivity index (χ3n) is 10.6. The van der Waals surface area contributed by atoms with Crippen LogP contribution in [0.15, 0.2) is 0 Å². The first-order valence-corrected chi connectivity index (χ1v) is 22.2. The Balaban J connectivity index is 4.37. The van der Waals surface area contributed by atoms with Gasteiger partial charge in [0.05, 0.1) is 0 Å². The first kappa shape index (κ1) is 49.4. The lowest BCUT2D eigenvalue weighted by atomic mass is 9.99. The summed E-state index contributed by atoms with van der Waals surface area (Å²) < 4.78 is 16.7. The molecule has 0 saturated carbocycles. The van der Waals surface area contributed by atoms with Crippen molar-refractivity contribution >= 4 is 17.9 Å². The van der Waals surface area contributed by atoms with Gasteiger partial charge in [-0.3, -0.25) is 14.4 Å².